The third kappa shape index (κ3) is 4.59. The number of rotatable bonds is 5. The Hall–Kier alpha value is -4.60. The van der Waals surface area contributed by atoms with Gasteiger partial charge >= 0.3 is 0 Å². The number of nitrogens with one attached hydrogen (secondary N) is 3. The second-order valence-electron chi connectivity index (χ2n) is 10.8. The fraction of sp³-hybridized carbons (Fsp3) is 0.135. The number of benzene rings is 4. The number of fused-ring (bicyclic) bond motifs is 2. The van der Waals surface area contributed by atoms with E-state index >= 15 is 0 Å². The lowest BCUT2D eigenvalue weighted by Gasteiger charge is -2.38. The predicted molar refractivity (Wildman–Crippen MR) is 168 cm³/mol. The molecule has 40 heavy (non-hydrogen) atoms. The van der Waals surface area contributed by atoms with Crippen LogP contribution in [0.25, 0.3) is 27.5 Å². The minimum atomic E-state index is -0.140. The smallest absolute Gasteiger partial charge is 0.153 e. The van der Waals surface area contributed by atoms with Crippen molar-refractivity contribution in [3.05, 3.63) is 156 Å². The Morgan fingerprint density at radius 1 is 0.750 bits per heavy atom. The molecule has 3 heteroatoms. The molecule has 1 aliphatic heterocycles. The minimum absolute atomic E-state index is 0.134. The zero-order chi connectivity index (χ0) is 26.9. The lowest BCUT2D eigenvalue weighted by molar-refractivity contribution is 0.455. The third-order valence-corrected chi connectivity index (χ3v) is 8.19. The summed E-state index contributed by atoms with van der Waals surface area (Å²) < 4.78 is 0. The zero-order valence-electron chi connectivity index (χ0n) is 22.6. The average Bonchev–Trinajstić information content (AvgIpc) is 3.01. The van der Waals surface area contributed by atoms with Gasteiger partial charge in [-0.2, -0.15) is 0 Å². The summed E-state index contributed by atoms with van der Waals surface area (Å²) in [5, 5.41) is 13.9. The van der Waals surface area contributed by atoms with Gasteiger partial charge in [0.15, 0.2) is 6.29 Å². The summed E-state index contributed by atoms with van der Waals surface area (Å²) in [6.45, 7) is 2.34. The van der Waals surface area contributed by atoms with E-state index in [1.807, 2.05) is 0 Å². The Morgan fingerprint density at radius 2 is 1.50 bits per heavy atom. The Balaban J connectivity index is 1.25. The van der Waals surface area contributed by atoms with E-state index in [9.17, 15) is 0 Å². The van der Waals surface area contributed by atoms with Gasteiger partial charge in [0.1, 0.15) is 0 Å². The molecule has 0 fully saturated rings. The molecular formula is C37H33N3. The number of hydrogen-bond donors (Lipinski definition) is 3. The number of hydrogen-bond acceptors (Lipinski definition) is 3. The van der Waals surface area contributed by atoms with E-state index in [1.54, 1.807) is 0 Å². The fourth-order valence-electron chi connectivity index (χ4n) is 6.25. The Bertz CT molecular complexity index is 1710. The number of allylic oxidation sites excluding steroid dienone is 6. The highest BCUT2D eigenvalue weighted by Crippen LogP contribution is 2.38. The monoisotopic (exact) mass is 519 g/mol. The van der Waals surface area contributed by atoms with Crippen LogP contribution in [0.15, 0.2) is 150 Å². The number of anilines is 1. The molecule has 0 radical (unpaired) electrons. The quantitative estimate of drug-likeness (QED) is 0.249. The van der Waals surface area contributed by atoms with E-state index in [4.69, 9.17) is 0 Å². The van der Waals surface area contributed by atoms with Crippen molar-refractivity contribution < 1.29 is 0 Å². The normalized spacial score (nSPS) is 21.9. The summed E-state index contributed by atoms with van der Waals surface area (Å²) in [4.78, 5) is 0. The standard InChI is InChI=1S/C37H33N3/c1-25-24-29(20-22-30(25)26-12-4-2-5-13-26)36-32-18-10-11-19-33(32)38-37(40-36)39-34-23-21-27-14-8-9-17-31(27)35(34)28-15-6-3-7-16-28/h2-23,25,33,37-40H,24H2,1H3. The second-order valence-corrected chi connectivity index (χ2v) is 10.8. The molecule has 0 saturated heterocycles. The molecule has 3 N–H and O–H groups in total. The lowest BCUT2D eigenvalue weighted by Crippen LogP contribution is -2.56. The molecule has 4 aromatic carbocycles. The van der Waals surface area contributed by atoms with Crippen LogP contribution in [0.1, 0.15) is 18.9 Å². The van der Waals surface area contributed by atoms with E-state index < -0.39 is 0 Å². The molecule has 1 heterocycles. The molecule has 3 unspecified atom stereocenters. The van der Waals surface area contributed by atoms with Crippen LogP contribution in [0.2, 0.25) is 0 Å². The topological polar surface area (TPSA) is 36.1 Å². The van der Waals surface area contributed by atoms with E-state index in [0.717, 1.165) is 12.1 Å². The van der Waals surface area contributed by atoms with Gasteiger partial charge < -0.3 is 10.6 Å². The van der Waals surface area contributed by atoms with Gasteiger partial charge in [0, 0.05) is 16.9 Å². The average molecular weight is 520 g/mol. The zero-order valence-corrected chi connectivity index (χ0v) is 22.6. The van der Waals surface area contributed by atoms with Gasteiger partial charge in [0.2, 0.25) is 0 Å². The molecule has 0 saturated carbocycles. The van der Waals surface area contributed by atoms with Crippen molar-refractivity contribution in [2.75, 3.05) is 5.32 Å². The van der Waals surface area contributed by atoms with Gasteiger partial charge in [-0.1, -0.05) is 134 Å². The van der Waals surface area contributed by atoms with Crippen molar-refractivity contribution in [3.8, 4) is 11.1 Å². The van der Waals surface area contributed by atoms with Crippen molar-refractivity contribution in [2.45, 2.75) is 25.7 Å². The SMILES string of the molecule is CC1CC(C2=C3C=CC=CC3NC(Nc3ccc4ccccc4c3-c3ccccc3)N2)=CC=C1c1ccccc1. The van der Waals surface area contributed by atoms with Gasteiger partial charge in [0.25, 0.3) is 0 Å². The van der Waals surface area contributed by atoms with Crippen LogP contribution >= 0.6 is 0 Å². The van der Waals surface area contributed by atoms with Crippen molar-refractivity contribution >= 4 is 22.0 Å². The third-order valence-electron chi connectivity index (χ3n) is 8.19. The minimum Gasteiger partial charge on any atom is -0.353 e. The van der Waals surface area contributed by atoms with Gasteiger partial charge in [-0.05, 0) is 57.0 Å². The van der Waals surface area contributed by atoms with Crippen LogP contribution in [0.4, 0.5) is 5.69 Å². The van der Waals surface area contributed by atoms with Crippen LogP contribution in [-0.2, 0) is 0 Å². The summed E-state index contributed by atoms with van der Waals surface area (Å²) in [6, 6.07) is 34.6. The van der Waals surface area contributed by atoms with E-state index in [-0.39, 0.29) is 12.3 Å². The summed E-state index contributed by atoms with van der Waals surface area (Å²) in [5.74, 6) is 0.435. The molecule has 0 aromatic heterocycles. The summed E-state index contributed by atoms with van der Waals surface area (Å²) in [7, 11) is 0. The second kappa shape index (κ2) is 10.5. The first-order chi connectivity index (χ1) is 19.7. The molecule has 3 atom stereocenters. The largest absolute Gasteiger partial charge is 0.353 e. The van der Waals surface area contributed by atoms with Crippen LogP contribution < -0.4 is 16.0 Å². The maximum Gasteiger partial charge on any atom is 0.153 e. The molecular weight excluding hydrogens is 486 g/mol. The Kier molecular flexibility index (Phi) is 6.43. The molecule has 0 bridgehead atoms. The first kappa shape index (κ1) is 24.4. The maximum absolute atomic E-state index is 3.85. The molecule has 0 amide bonds. The molecule has 2 aliphatic carbocycles. The highest BCUT2D eigenvalue weighted by molar-refractivity contribution is 6.02. The molecule has 196 valence electrons. The van der Waals surface area contributed by atoms with Crippen LogP contribution in [0.3, 0.4) is 0 Å². The maximum atomic E-state index is 3.85. The molecule has 7 rings (SSSR count). The molecule has 3 nitrogen and oxygen atoms in total. The van der Waals surface area contributed by atoms with Crippen molar-refractivity contribution in [1.29, 1.82) is 0 Å². The van der Waals surface area contributed by atoms with Crippen LogP contribution in [0.5, 0.6) is 0 Å². The van der Waals surface area contributed by atoms with Gasteiger partial charge in [0.05, 0.1) is 6.04 Å². The summed E-state index contributed by atoms with van der Waals surface area (Å²) in [5.41, 5.74) is 10.1. The summed E-state index contributed by atoms with van der Waals surface area (Å²) >= 11 is 0. The van der Waals surface area contributed by atoms with Gasteiger partial charge in [-0.3, -0.25) is 5.32 Å². The lowest BCUT2D eigenvalue weighted by atomic mass is 9.82. The molecule has 3 aliphatic rings. The van der Waals surface area contributed by atoms with Crippen molar-refractivity contribution in [1.82, 2.24) is 10.6 Å². The first-order valence-corrected chi connectivity index (χ1v) is 14.2. The van der Waals surface area contributed by atoms with Crippen LogP contribution in [0, 0.1) is 5.92 Å². The van der Waals surface area contributed by atoms with Crippen molar-refractivity contribution in [2.24, 2.45) is 5.92 Å². The fourth-order valence-corrected chi connectivity index (χ4v) is 6.25. The highest BCUT2D eigenvalue weighted by Gasteiger charge is 2.30. The molecule has 0 spiro atoms. The first-order valence-electron chi connectivity index (χ1n) is 14.2. The predicted octanol–water partition coefficient (Wildman–Crippen LogP) is 8.19. The van der Waals surface area contributed by atoms with Crippen LogP contribution in [-0.4, -0.2) is 12.3 Å². The van der Waals surface area contributed by atoms with Crippen molar-refractivity contribution in [3.63, 3.8) is 0 Å². The van der Waals surface area contributed by atoms with Gasteiger partial charge in [-0.15, -0.1) is 0 Å². The van der Waals surface area contributed by atoms with E-state index in [1.165, 1.54) is 49.9 Å². The molecule has 4 aromatic rings. The van der Waals surface area contributed by atoms with E-state index in [0.29, 0.717) is 5.92 Å². The van der Waals surface area contributed by atoms with Gasteiger partial charge in [-0.25, -0.2) is 0 Å². The Labute approximate surface area is 236 Å². The Morgan fingerprint density at radius 3 is 2.30 bits per heavy atom. The van der Waals surface area contributed by atoms with E-state index in [2.05, 4.69) is 156 Å². The summed E-state index contributed by atoms with van der Waals surface area (Å²) in [6.07, 6.45) is 14.2. The highest BCUT2D eigenvalue weighted by atomic mass is 15.3.